The van der Waals surface area contributed by atoms with Crippen molar-refractivity contribution in [3.63, 3.8) is 0 Å². The highest BCUT2D eigenvalue weighted by atomic mass is 79.9. The Kier molecular flexibility index (Phi) is 6.49. The molecule has 0 spiro atoms. The van der Waals surface area contributed by atoms with Crippen LogP contribution in [0.5, 0.6) is 17.2 Å². The van der Waals surface area contributed by atoms with Gasteiger partial charge >= 0.3 is 0 Å². The molecule has 0 aliphatic rings. The lowest BCUT2D eigenvalue weighted by Crippen LogP contribution is -2.30. The van der Waals surface area contributed by atoms with E-state index in [2.05, 4.69) is 21.2 Å². The third-order valence-corrected chi connectivity index (χ3v) is 3.76. The number of ether oxygens (including phenoxy) is 3. The Balaban J connectivity index is 2.01. The van der Waals surface area contributed by atoms with Gasteiger partial charge in [-0.2, -0.15) is 0 Å². The smallest absolute Gasteiger partial charge is 0.265 e. The first kappa shape index (κ1) is 18.1. The molecule has 128 valence electrons. The molecule has 24 heavy (non-hydrogen) atoms. The molecule has 6 heteroatoms. The fraction of sp³-hybridized carbons (Fsp3) is 0.278. The molecule has 0 aliphatic carbocycles. The Hall–Kier alpha value is -2.21. The van der Waals surface area contributed by atoms with Gasteiger partial charge in [-0.05, 0) is 50.2 Å². The first-order chi connectivity index (χ1) is 11.5. The van der Waals surface area contributed by atoms with E-state index in [0.717, 1.165) is 4.47 Å². The highest BCUT2D eigenvalue weighted by Crippen LogP contribution is 2.30. The van der Waals surface area contributed by atoms with E-state index in [1.54, 1.807) is 44.4 Å². The van der Waals surface area contributed by atoms with Crippen molar-refractivity contribution >= 4 is 27.5 Å². The van der Waals surface area contributed by atoms with Gasteiger partial charge in [-0.1, -0.05) is 15.9 Å². The topological polar surface area (TPSA) is 56.8 Å². The van der Waals surface area contributed by atoms with Crippen LogP contribution in [0.2, 0.25) is 0 Å². The highest BCUT2D eigenvalue weighted by molar-refractivity contribution is 9.10. The first-order valence-corrected chi connectivity index (χ1v) is 8.36. The van der Waals surface area contributed by atoms with E-state index in [4.69, 9.17) is 14.2 Å². The maximum absolute atomic E-state index is 12.3. The summed E-state index contributed by atoms with van der Waals surface area (Å²) in [6.45, 7) is 4.14. The average Bonchev–Trinajstić information content (AvgIpc) is 2.58. The Bertz CT molecular complexity index is 688. The van der Waals surface area contributed by atoms with Crippen LogP contribution in [-0.4, -0.2) is 25.7 Å². The number of benzene rings is 2. The van der Waals surface area contributed by atoms with Crippen LogP contribution in [0.25, 0.3) is 0 Å². The second-order valence-electron chi connectivity index (χ2n) is 5.00. The summed E-state index contributed by atoms with van der Waals surface area (Å²) in [5.74, 6) is 1.59. The van der Waals surface area contributed by atoms with Gasteiger partial charge < -0.3 is 19.5 Å². The Labute approximate surface area is 150 Å². The molecule has 0 saturated carbocycles. The molecule has 0 aliphatic heterocycles. The van der Waals surface area contributed by atoms with Crippen molar-refractivity contribution in [3.05, 3.63) is 46.9 Å². The maximum Gasteiger partial charge on any atom is 0.265 e. The molecule has 2 aromatic rings. The Morgan fingerprint density at radius 3 is 2.50 bits per heavy atom. The van der Waals surface area contributed by atoms with Crippen LogP contribution < -0.4 is 19.5 Å². The van der Waals surface area contributed by atoms with Crippen LogP contribution in [0.15, 0.2) is 46.9 Å². The second-order valence-corrected chi connectivity index (χ2v) is 5.92. The fourth-order valence-corrected chi connectivity index (χ4v) is 2.30. The minimum absolute atomic E-state index is 0.246. The van der Waals surface area contributed by atoms with Gasteiger partial charge in [0.05, 0.1) is 13.7 Å². The molecule has 0 bridgehead atoms. The summed E-state index contributed by atoms with van der Waals surface area (Å²) < 4.78 is 17.3. The van der Waals surface area contributed by atoms with Gasteiger partial charge in [-0.25, -0.2) is 0 Å². The van der Waals surface area contributed by atoms with E-state index in [1.165, 1.54) is 0 Å². The third-order valence-electron chi connectivity index (χ3n) is 3.23. The van der Waals surface area contributed by atoms with Gasteiger partial charge in [0.25, 0.3) is 5.91 Å². The van der Waals surface area contributed by atoms with Crippen molar-refractivity contribution in [2.24, 2.45) is 0 Å². The number of amides is 1. The number of nitrogens with one attached hydrogen (secondary N) is 1. The zero-order valence-corrected chi connectivity index (χ0v) is 15.4. The van der Waals surface area contributed by atoms with Crippen molar-refractivity contribution < 1.29 is 19.0 Å². The van der Waals surface area contributed by atoms with Crippen LogP contribution in [-0.2, 0) is 4.79 Å². The number of hydrogen-bond acceptors (Lipinski definition) is 4. The van der Waals surface area contributed by atoms with E-state index in [1.807, 2.05) is 19.1 Å². The van der Waals surface area contributed by atoms with Gasteiger partial charge in [0.1, 0.15) is 5.75 Å². The summed E-state index contributed by atoms with van der Waals surface area (Å²) in [5, 5.41) is 2.81. The molecule has 1 amide bonds. The van der Waals surface area contributed by atoms with Crippen molar-refractivity contribution in [2.45, 2.75) is 20.0 Å². The van der Waals surface area contributed by atoms with Crippen LogP contribution >= 0.6 is 15.9 Å². The standard InChI is InChI=1S/C18H20BrNO4/c1-4-23-16-10-7-14(11-17(16)22-3)20-18(21)12(2)24-15-8-5-13(19)6-9-15/h5-12H,4H2,1-3H3,(H,20,21)/t12-/m0/s1. The van der Waals surface area contributed by atoms with Crippen LogP contribution in [0, 0.1) is 0 Å². The van der Waals surface area contributed by atoms with Gasteiger partial charge in [0, 0.05) is 16.2 Å². The van der Waals surface area contributed by atoms with Crippen molar-refractivity contribution in [2.75, 3.05) is 19.0 Å². The molecule has 1 N–H and O–H groups in total. The third kappa shape index (κ3) is 4.89. The zero-order valence-electron chi connectivity index (χ0n) is 13.8. The summed E-state index contributed by atoms with van der Waals surface area (Å²) in [6.07, 6.45) is -0.635. The Morgan fingerprint density at radius 2 is 1.88 bits per heavy atom. The number of hydrogen-bond donors (Lipinski definition) is 1. The molecule has 1 atom stereocenters. The predicted octanol–water partition coefficient (Wildman–Crippen LogP) is 4.26. The normalized spacial score (nSPS) is 11.5. The van der Waals surface area contributed by atoms with Crippen molar-refractivity contribution in [1.29, 1.82) is 0 Å². The summed E-state index contributed by atoms with van der Waals surface area (Å²) >= 11 is 3.36. The monoisotopic (exact) mass is 393 g/mol. The van der Waals surface area contributed by atoms with Gasteiger partial charge in [-0.3, -0.25) is 4.79 Å². The van der Waals surface area contributed by atoms with E-state index in [9.17, 15) is 4.79 Å². The van der Waals surface area contributed by atoms with E-state index >= 15 is 0 Å². The highest BCUT2D eigenvalue weighted by Gasteiger charge is 2.16. The molecule has 0 saturated heterocycles. The van der Waals surface area contributed by atoms with E-state index in [-0.39, 0.29) is 5.91 Å². The summed E-state index contributed by atoms with van der Waals surface area (Å²) in [7, 11) is 1.56. The second kappa shape index (κ2) is 8.59. The average molecular weight is 394 g/mol. The molecule has 0 fully saturated rings. The molecule has 0 heterocycles. The molecule has 2 rings (SSSR count). The molecule has 0 aromatic heterocycles. The summed E-state index contributed by atoms with van der Waals surface area (Å²) in [5.41, 5.74) is 0.617. The summed E-state index contributed by atoms with van der Waals surface area (Å²) in [6, 6.07) is 12.6. The van der Waals surface area contributed by atoms with Gasteiger partial charge in [0.2, 0.25) is 0 Å². The molecule has 0 radical (unpaired) electrons. The lowest BCUT2D eigenvalue weighted by atomic mass is 10.2. The van der Waals surface area contributed by atoms with Crippen molar-refractivity contribution in [1.82, 2.24) is 0 Å². The number of halogens is 1. The minimum Gasteiger partial charge on any atom is -0.493 e. The number of anilines is 1. The van der Waals surface area contributed by atoms with E-state index in [0.29, 0.717) is 29.5 Å². The quantitative estimate of drug-likeness (QED) is 0.763. The number of carbonyl (C=O) groups excluding carboxylic acids is 1. The largest absolute Gasteiger partial charge is 0.493 e. The molecule has 0 unspecified atom stereocenters. The van der Waals surface area contributed by atoms with Crippen LogP contribution in [0.3, 0.4) is 0 Å². The maximum atomic E-state index is 12.3. The van der Waals surface area contributed by atoms with Crippen LogP contribution in [0.4, 0.5) is 5.69 Å². The van der Waals surface area contributed by atoms with E-state index < -0.39 is 6.10 Å². The lowest BCUT2D eigenvalue weighted by molar-refractivity contribution is -0.122. The number of methoxy groups -OCH3 is 1. The van der Waals surface area contributed by atoms with Gasteiger partial charge in [-0.15, -0.1) is 0 Å². The lowest BCUT2D eigenvalue weighted by Gasteiger charge is -2.16. The Morgan fingerprint density at radius 1 is 1.17 bits per heavy atom. The predicted molar refractivity (Wildman–Crippen MR) is 97.0 cm³/mol. The molecule has 2 aromatic carbocycles. The van der Waals surface area contributed by atoms with Gasteiger partial charge in [0.15, 0.2) is 17.6 Å². The number of carbonyl (C=O) groups is 1. The summed E-state index contributed by atoms with van der Waals surface area (Å²) in [4.78, 5) is 12.3. The van der Waals surface area contributed by atoms with Crippen LogP contribution in [0.1, 0.15) is 13.8 Å². The molecular weight excluding hydrogens is 374 g/mol. The first-order valence-electron chi connectivity index (χ1n) is 7.57. The molecule has 5 nitrogen and oxygen atoms in total. The SMILES string of the molecule is CCOc1ccc(NC(=O)[C@H](C)Oc2ccc(Br)cc2)cc1OC. The van der Waals surface area contributed by atoms with Crippen molar-refractivity contribution in [3.8, 4) is 17.2 Å². The molecular formula is C18H20BrNO4. The zero-order chi connectivity index (χ0) is 17.5. The number of rotatable bonds is 7. The fourth-order valence-electron chi connectivity index (χ4n) is 2.03. The minimum atomic E-state index is -0.635.